The SMILES string of the molecule is Cc1c(N=c2scc(-c3cccc(Cl)c3)n2CCCn2ccnc2)c(=O)n(-c2ccccc2)n1C. The van der Waals surface area contributed by atoms with E-state index in [9.17, 15) is 4.79 Å². The Morgan fingerprint density at radius 2 is 1.91 bits per heavy atom. The van der Waals surface area contributed by atoms with E-state index in [4.69, 9.17) is 16.6 Å². The number of hydrogen-bond acceptors (Lipinski definition) is 4. The van der Waals surface area contributed by atoms with Crippen molar-refractivity contribution in [2.75, 3.05) is 0 Å². The van der Waals surface area contributed by atoms with Crippen LogP contribution in [0.3, 0.4) is 0 Å². The van der Waals surface area contributed by atoms with Crippen molar-refractivity contribution in [1.29, 1.82) is 0 Å². The number of halogens is 1. The van der Waals surface area contributed by atoms with E-state index in [0.717, 1.165) is 47.0 Å². The van der Waals surface area contributed by atoms with Crippen molar-refractivity contribution in [2.45, 2.75) is 26.4 Å². The van der Waals surface area contributed by atoms with E-state index in [-0.39, 0.29) is 5.56 Å². The Morgan fingerprint density at radius 3 is 2.66 bits per heavy atom. The van der Waals surface area contributed by atoms with E-state index in [1.807, 2.05) is 85.8 Å². The maximum absolute atomic E-state index is 13.4. The molecule has 0 saturated heterocycles. The highest BCUT2D eigenvalue weighted by atomic mass is 35.5. The summed E-state index contributed by atoms with van der Waals surface area (Å²) in [6, 6.07) is 17.4. The average Bonchev–Trinajstić information content (AvgIpc) is 3.57. The fourth-order valence-corrected chi connectivity index (χ4v) is 5.25. The zero-order chi connectivity index (χ0) is 24.4. The third kappa shape index (κ3) is 4.67. The van der Waals surface area contributed by atoms with E-state index in [1.54, 1.807) is 10.9 Å². The maximum atomic E-state index is 13.4. The molecule has 0 fully saturated rings. The highest BCUT2D eigenvalue weighted by Gasteiger charge is 2.17. The topological polar surface area (TPSA) is 62.0 Å². The molecule has 3 heterocycles. The largest absolute Gasteiger partial charge is 0.337 e. The van der Waals surface area contributed by atoms with Gasteiger partial charge in [0.1, 0.15) is 0 Å². The van der Waals surface area contributed by atoms with Gasteiger partial charge in [-0.15, -0.1) is 11.3 Å². The fourth-order valence-electron chi connectivity index (χ4n) is 4.12. The molecule has 7 nitrogen and oxygen atoms in total. The van der Waals surface area contributed by atoms with Crippen molar-refractivity contribution in [3.63, 3.8) is 0 Å². The molecule has 5 aromatic rings. The van der Waals surface area contributed by atoms with Crippen molar-refractivity contribution in [1.82, 2.24) is 23.5 Å². The summed E-state index contributed by atoms with van der Waals surface area (Å²) >= 11 is 7.81. The molecule has 0 aliphatic carbocycles. The predicted octanol–water partition coefficient (Wildman–Crippen LogP) is 5.19. The molecule has 0 unspecified atom stereocenters. The summed E-state index contributed by atoms with van der Waals surface area (Å²) in [7, 11) is 1.88. The van der Waals surface area contributed by atoms with Crippen LogP contribution in [0.4, 0.5) is 5.69 Å². The predicted molar refractivity (Wildman–Crippen MR) is 141 cm³/mol. The molecule has 0 aliphatic heterocycles. The van der Waals surface area contributed by atoms with Gasteiger partial charge in [0.25, 0.3) is 5.56 Å². The molecule has 0 atom stereocenters. The lowest BCUT2D eigenvalue weighted by molar-refractivity contribution is 0.559. The first-order valence-electron chi connectivity index (χ1n) is 11.3. The Morgan fingerprint density at radius 1 is 1.09 bits per heavy atom. The molecular weight excluding hydrogens is 480 g/mol. The van der Waals surface area contributed by atoms with Crippen LogP contribution >= 0.6 is 22.9 Å². The molecule has 0 radical (unpaired) electrons. The van der Waals surface area contributed by atoms with Gasteiger partial charge in [-0.2, -0.15) is 0 Å². The Balaban J connectivity index is 1.60. The van der Waals surface area contributed by atoms with E-state index < -0.39 is 0 Å². The van der Waals surface area contributed by atoms with Gasteiger partial charge >= 0.3 is 0 Å². The number of imidazole rings is 1. The van der Waals surface area contributed by atoms with Crippen LogP contribution in [-0.2, 0) is 20.1 Å². The Labute approximate surface area is 211 Å². The van der Waals surface area contributed by atoms with Crippen LogP contribution in [0.1, 0.15) is 12.1 Å². The molecule has 2 aromatic carbocycles. The monoisotopic (exact) mass is 504 g/mol. The second-order valence-corrected chi connectivity index (χ2v) is 9.51. The highest BCUT2D eigenvalue weighted by molar-refractivity contribution is 7.07. The van der Waals surface area contributed by atoms with Gasteiger partial charge in [0.05, 0.1) is 23.4 Å². The van der Waals surface area contributed by atoms with Crippen LogP contribution in [-0.4, -0.2) is 23.5 Å². The van der Waals surface area contributed by atoms with Crippen molar-refractivity contribution in [3.05, 3.63) is 105 Å². The molecule has 0 N–H and O–H groups in total. The molecule has 0 bridgehead atoms. The molecule has 5 rings (SSSR count). The quantitative estimate of drug-likeness (QED) is 0.306. The van der Waals surface area contributed by atoms with E-state index in [2.05, 4.69) is 19.5 Å². The summed E-state index contributed by atoms with van der Waals surface area (Å²) in [6.45, 7) is 3.50. The van der Waals surface area contributed by atoms with Gasteiger partial charge in [0.15, 0.2) is 10.5 Å². The van der Waals surface area contributed by atoms with Crippen molar-refractivity contribution in [3.8, 4) is 16.9 Å². The third-order valence-corrected chi connectivity index (χ3v) is 7.11. The fraction of sp³-hybridized carbons (Fsp3) is 0.192. The van der Waals surface area contributed by atoms with Gasteiger partial charge in [-0.25, -0.2) is 14.7 Å². The summed E-state index contributed by atoms with van der Waals surface area (Å²) < 4.78 is 7.74. The van der Waals surface area contributed by atoms with E-state index in [0.29, 0.717) is 10.7 Å². The lowest BCUT2D eigenvalue weighted by Gasteiger charge is -2.10. The maximum Gasteiger partial charge on any atom is 0.297 e. The minimum absolute atomic E-state index is 0.140. The lowest BCUT2D eigenvalue weighted by Crippen LogP contribution is -2.20. The number of aryl methyl sites for hydroxylation is 1. The molecule has 9 heteroatoms. The van der Waals surface area contributed by atoms with Crippen LogP contribution in [0, 0.1) is 6.92 Å². The second kappa shape index (κ2) is 9.93. The number of hydrogen-bond donors (Lipinski definition) is 0. The summed E-state index contributed by atoms with van der Waals surface area (Å²) in [5, 5.41) is 2.76. The Bertz CT molecular complexity index is 1570. The van der Waals surface area contributed by atoms with Crippen LogP contribution in [0.2, 0.25) is 5.02 Å². The Hall–Kier alpha value is -3.62. The number of para-hydroxylation sites is 1. The first-order chi connectivity index (χ1) is 17.0. The van der Waals surface area contributed by atoms with Crippen molar-refractivity contribution >= 4 is 28.6 Å². The molecular formula is C26H25ClN6OS. The Kier molecular flexibility index (Phi) is 6.57. The first kappa shape index (κ1) is 23.1. The van der Waals surface area contributed by atoms with Gasteiger partial charge in [-0.1, -0.05) is 41.9 Å². The second-order valence-electron chi connectivity index (χ2n) is 8.24. The molecule has 178 valence electrons. The van der Waals surface area contributed by atoms with Crippen molar-refractivity contribution < 1.29 is 0 Å². The summed E-state index contributed by atoms with van der Waals surface area (Å²) in [5.74, 6) is 0. The minimum Gasteiger partial charge on any atom is -0.337 e. The summed E-state index contributed by atoms with van der Waals surface area (Å²) in [6.07, 6.45) is 6.45. The van der Waals surface area contributed by atoms with Gasteiger partial charge in [0, 0.05) is 48.5 Å². The molecule has 3 aromatic heterocycles. The molecule has 0 spiro atoms. The molecule has 0 saturated carbocycles. The normalized spacial score (nSPS) is 11.9. The van der Waals surface area contributed by atoms with E-state index in [1.165, 1.54) is 11.3 Å². The standard InChI is InChI=1S/C26H25ClN6OS/c1-19-24(25(34)33(30(19)2)22-10-4-3-5-11-22)29-26-32(14-7-13-31-15-12-28-18-31)23(17-35-26)20-8-6-9-21(27)16-20/h3-6,8-12,15-18H,7,13-14H2,1-2H3. The molecule has 35 heavy (non-hydrogen) atoms. The van der Waals surface area contributed by atoms with Crippen LogP contribution in [0.25, 0.3) is 16.9 Å². The van der Waals surface area contributed by atoms with Crippen LogP contribution in [0.5, 0.6) is 0 Å². The number of rotatable bonds is 7. The van der Waals surface area contributed by atoms with Crippen LogP contribution < -0.4 is 10.4 Å². The summed E-state index contributed by atoms with van der Waals surface area (Å²) in [5.41, 5.74) is 3.96. The zero-order valence-corrected chi connectivity index (χ0v) is 21.1. The summed E-state index contributed by atoms with van der Waals surface area (Å²) in [4.78, 5) is 23.2. The van der Waals surface area contributed by atoms with Crippen LogP contribution in [0.15, 0.2) is 88.5 Å². The van der Waals surface area contributed by atoms with Gasteiger partial charge in [-0.05, 0) is 37.6 Å². The number of thiazole rings is 1. The van der Waals surface area contributed by atoms with E-state index >= 15 is 0 Å². The van der Waals surface area contributed by atoms with Gasteiger partial charge < -0.3 is 9.13 Å². The highest BCUT2D eigenvalue weighted by Crippen LogP contribution is 2.24. The van der Waals surface area contributed by atoms with Gasteiger partial charge in [-0.3, -0.25) is 9.48 Å². The zero-order valence-electron chi connectivity index (χ0n) is 19.5. The third-order valence-electron chi connectivity index (χ3n) is 6.01. The van der Waals surface area contributed by atoms with Crippen molar-refractivity contribution in [2.24, 2.45) is 12.0 Å². The number of aromatic nitrogens is 5. The molecule has 0 aliphatic rings. The van der Waals surface area contributed by atoms with Gasteiger partial charge in [0.2, 0.25) is 0 Å². The first-order valence-corrected chi connectivity index (χ1v) is 12.6. The smallest absolute Gasteiger partial charge is 0.297 e. The minimum atomic E-state index is -0.140. The average molecular weight is 505 g/mol. The number of benzene rings is 2. The number of nitrogens with zero attached hydrogens (tertiary/aromatic N) is 6. The lowest BCUT2D eigenvalue weighted by atomic mass is 10.2. The molecule has 0 amide bonds.